The molecule has 0 heterocycles. The Labute approximate surface area is 84.0 Å². The second-order valence-corrected chi connectivity index (χ2v) is 4.20. The Morgan fingerprint density at radius 3 is 2.50 bits per heavy atom. The van der Waals surface area contributed by atoms with E-state index in [1.807, 2.05) is 0 Å². The molecule has 0 spiro atoms. The van der Waals surface area contributed by atoms with Gasteiger partial charge in [0.15, 0.2) is 0 Å². The lowest BCUT2D eigenvalue weighted by atomic mass is 9.89. The number of carbonyl (C=O) groups is 1. The molecular weight excluding hydrogens is 178 g/mol. The van der Waals surface area contributed by atoms with Crippen LogP contribution in [0.15, 0.2) is 0 Å². The van der Waals surface area contributed by atoms with Crippen molar-refractivity contribution < 1.29 is 9.53 Å². The monoisotopic (exact) mass is 193 g/mol. The highest BCUT2D eigenvalue weighted by Crippen LogP contribution is 2.41. The van der Waals surface area contributed by atoms with E-state index in [1.165, 1.54) is 7.11 Å². The van der Waals surface area contributed by atoms with Gasteiger partial charge in [-0.15, -0.1) is 0 Å². The van der Waals surface area contributed by atoms with Crippen LogP contribution in [0.3, 0.4) is 0 Å². The molecule has 3 nitrogen and oxygen atoms in total. The molecule has 2 aliphatic rings. The van der Waals surface area contributed by atoms with Gasteiger partial charge in [0.1, 0.15) is 6.04 Å². The maximum atomic E-state index is 11.1. The predicted octanol–water partition coefficient (Wildman–Crippen LogP) is 0.536. The first-order valence-electron chi connectivity index (χ1n) is 5.05. The summed E-state index contributed by atoms with van der Waals surface area (Å²) in [7, 11) is 1.38. The standard InChI is InChI=1S/C11H15NO2/c1-14-11(13)10(12)6-7-4-8-2-3-9(8)5-7/h7-10H,4-6,12H2,1H3/t7-,8+,9-,10-/m0/s1. The highest BCUT2D eigenvalue weighted by Gasteiger charge is 2.37. The molecule has 1 fully saturated rings. The van der Waals surface area contributed by atoms with Gasteiger partial charge in [-0.2, -0.15) is 0 Å². The molecule has 1 saturated carbocycles. The lowest BCUT2D eigenvalue weighted by Crippen LogP contribution is -2.33. The van der Waals surface area contributed by atoms with Crippen LogP contribution in [0.1, 0.15) is 19.3 Å². The Bertz CT molecular complexity index is 286. The smallest absolute Gasteiger partial charge is 0.322 e. The predicted molar refractivity (Wildman–Crippen MR) is 52.1 cm³/mol. The summed E-state index contributed by atoms with van der Waals surface area (Å²) in [5, 5.41) is 0. The number of hydrogen-bond donors (Lipinski definition) is 1. The van der Waals surface area contributed by atoms with E-state index in [9.17, 15) is 4.79 Å². The van der Waals surface area contributed by atoms with Gasteiger partial charge in [-0.25, -0.2) is 0 Å². The van der Waals surface area contributed by atoms with Gasteiger partial charge < -0.3 is 10.5 Å². The van der Waals surface area contributed by atoms with Crippen molar-refractivity contribution in [2.45, 2.75) is 25.3 Å². The number of rotatable bonds is 3. The van der Waals surface area contributed by atoms with Crippen molar-refractivity contribution >= 4 is 5.97 Å². The van der Waals surface area contributed by atoms with Crippen molar-refractivity contribution in [1.82, 2.24) is 0 Å². The molecule has 2 N–H and O–H groups in total. The Balaban J connectivity index is 1.79. The zero-order valence-corrected chi connectivity index (χ0v) is 8.32. The van der Waals surface area contributed by atoms with Gasteiger partial charge >= 0.3 is 5.97 Å². The fourth-order valence-corrected chi connectivity index (χ4v) is 2.38. The van der Waals surface area contributed by atoms with E-state index in [-0.39, 0.29) is 5.97 Å². The van der Waals surface area contributed by atoms with Gasteiger partial charge in [-0.05, 0) is 25.2 Å². The molecule has 0 aromatic rings. The average molecular weight is 193 g/mol. The van der Waals surface area contributed by atoms with E-state index in [2.05, 4.69) is 16.6 Å². The summed E-state index contributed by atoms with van der Waals surface area (Å²) in [6.45, 7) is 0. The minimum atomic E-state index is -0.456. The molecule has 2 aliphatic carbocycles. The summed E-state index contributed by atoms with van der Waals surface area (Å²) in [6.07, 6.45) is 2.97. The zero-order chi connectivity index (χ0) is 10.1. The van der Waals surface area contributed by atoms with Gasteiger partial charge in [0.2, 0.25) is 0 Å². The molecule has 76 valence electrons. The van der Waals surface area contributed by atoms with Crippen LogP contribution in [0.5, 0.6) is 0 Å². The Hall–Kier alpha value is -1.01. The van der Waals surface area contributed by atoms with E-state index < -0.39 is 6.04 Å². The number of esters is 1. The number of ether oxygens (including phenoxy) is 1. The van der Waals surface area contributed by atoms with E-state index in [0.717, 1.165) is 19.3 Å². The molecular formula is C11H15NO2. The summed E-state index contributed by atoms with van der Waals surface area (Å²) < 4.78 is 4.60. The molecule has 0 aromatic carbocycles. The number of carbonyl (C=O) groups excluding carboxylic acids is 1. The Morgan fingerprint density at radius 1 is 1.50 bits per heavy atom. The van der Waals surface area contributed by atoms with Crippen LogP contribution < -0.4 is 5.73 Å². The second kappa shape index (κ2) is 3.62. The quantitative estimate of drug-likeness (QED) is 0.525. The fraction of sp³-hybridized carbons (Fsp3) is 0.727. The first-order valence-corrected chi connectivity index (χ1v) is 5.05. The number of nitrogens with two attached hydrogens (primary N) is 1. The van der Waals surface area contributed by atoms with Crippen LogP contribution in [-0.4, -0.2) is 19.1 Å². The van der Waals surface area contributed by atoms with Gasteiger partial charge in [0, 0.05) is 11.8 Å². The van der Waals surface area contributed by atoms with Crippen LogP contribution in [-0.2, 0) is 9.53 Å². The van der Waals surface area contributed by atoms with Crippen molar-refractivity contribution in [3.63, 3.8) is 0 Å². The molecule has 0 unspecified atom stereocenters. The largest absolute Gasteiger partial charge is 0.468 e. The second-order valence-electron chi connectivity index (χ2n) is 4.20. The fourth-order valence-electron chi connectivity index (χ4n) is 2.38. The topological polar surface area (TPSA) is 52.3 Å². The van der Waals surface area contributed by atoms with Gasteiger partial charge in [0.25, 0.3) is 0 Å². The van der Waals surface area contributed by atoms with Crippen LogP contribution in [0, 0.1) is 29.6 Å². The third-order valence-electron chi connectivity index (χ3n) is 3.21. The summed E-state index contributed by atoms with van der Waals surface area (Å²) >= 11 is 0. The lowest BCUT2D eigenvalue weighted by Gasteiger charge is -2.13. The summed E-state index contributed by atoms with van der Waals surface area (Å²) in [5.41, 5.74) is 5.70. The normalized spacial score (nSPS) is 34.9. The summed E-state index contributed by atoms with van der Waals surface area (Å²) in [6, 6.07) is -0.456. The van der Waals surface area contributed by atoms with Crippen LogP contribution >= 0.6 is 0 Å². The first kappa shape index (κ1) is 9.54. The van der Waals surface area contributed by atoms with Crippen molar-refractivity contribution in [2.75, 3.05) is 7.11 Å². The first-order chi connectivity index (χ1) is 6.70. The van der Waals surface area contributed by atoms with E-state index in [0.29, 0.717) is 17.8 Å². The van der Waals surface area contributed by atoms with Crippen molar-refractivity contribution in [3.05, 3.63) is 0 Å². The molecule has 0 amide bonds. The minimum absolute atomic E-state index is 0.301. The van der Waals surface area contributed by atoms with Crippen LogP contribution in [0.2, 0.25) is 0 Å². The number of methoxy groups -OCH3 is 1. The number of hydrogen-bond acceptors (Lipinski definition) is 3. The average Bonchev–Trinajstić information content (AvgIpc) is 2.43. The van der Waals surface area contributed by atoms with E-state index in [4.69, 9.17) is 5.73 Å². The molecule has 0 radical (unpaired) electrons. The van der Waals surface area contributed by atoms with E-state index in [1.54, 1.807) is 0 Å². The summed E-state index contributed by atoms with van der Waals surface area (Å²) in [5.74, 6) is 7.71. The Kier molecular flexibility index (Phi) is 2.47. The maximum absolute atomic E-state index is 11.1. The van der Waals surface area contributed by atoms with Crippen LogP contribution in [0.25, 0.3) is 0 Å². The van der Waals surface area contributed by atoms with Crippen LogP contribution in [0.4, 0.5) is 0 Å². The maximum Gasteiger partial charge on any atom is 0.322 e. The zero-order valence-electron chi connectivity index (χ0n) is 8.32. The van der Waals surface area contributed by atoms with E-state index >= 15 is 0 Å². The van der Waals surface area contributed by atoms with Crippen molar-refractivity contribution in [3.8, 4) is 11.8 Å². The third-order valence-corrected chi connectivity index (χ3v) is 3.21. The van der Waals surface area contributed by atoms with Gasteiger partial charge in [0.05, 0.1) is 7.11 Å². The molecule has 4 atom stereocenters. The number of fused-ring (bicyclic) bond motifs is 1. The SMILES string of the molecule is COC(=O)[C@@H](N)C[C@H]1C[C@H]2C#C[C@H]2C1. The van der Waals surface area contributed by atoms with Crippen molar-refractivity contribution in [1.29, 1.82) is 0 Å². The summed E-state index contributed by atoms with van der Waals surface area (Å²) in [4.78, 5) is 11.1. The molecule has 14 heavy (non-hydrogen) atoms. The van der Waals surface area contributed by atoms with Crippen molar-refractivity contribution in [2.24, 2.45) is 23.5 Å². The highest BCUT2D eigenvalue weighted by atomic mass is 16.5. The highest BCUT2D eigenvalue weighted by molar-refractivity contribution is 5.75. The molecule has 0 aromatic heterocycles. The molecule has 0 saturated heterocycles. The minimum Gasteiger partial charge on any atom is -0.468 e. The third kappa shape index (κ3) is 1.62. The lowest BCUT2D eigenvalue weighted by molar-refractivity contribution is -0.142. The molecule has 0 aliphatic heterocycles. The molecule has 3 heteroatoms. The molecule has 0 bridgehead atoms. The molecule has 2 rings (SSSR count). The van der Waals surface area contributed by atoms with Gasteiger partial charge in [-0.1, -0.05) is 11.8 Å². The Morgan fingerprint density at radius 2 is 2.07 bits per heavy atom. The van der Waals surface area contributed by atoms with Gasteiger partial charge in [-0.3, -0.25) is 4.79 Å².